The van der Waals surface area contributed by atoms with Crippen LogP contribution in [0, 0.1) is 13.8 Å². The van der Waals surface area contributed by atoms with Crippen molar-refractivity contribution in [1.29, 1.82) is 0 Å². The van der Waals surface area contributed by atoms with Crippen molar-refractivity contribution in [2.24, 2.45) is 0 Å². The zero-order valence-corrected chi connectivity index (χ0v) is 19.7. The van der Waals surface area contributed by atoms with E-state index < -0.39 is 5.97 Å². The van der Waals surface area contributed by atoms with Gasteiger partial charge in [-0.3, -0.25) is 14.5 Å². The summed E-state index contributed by atoms with van der Waals surface area (Å²) in [4.78, 5) is 37.4. The van der Waals surface area contributed by atoms with E-state index in [2.05, 4.69) is 0 Å². The molecule has 1 aromatic heterocycles. The van der Waals surface area contributed by atoms with E-state index in [0.717, 1.165) is 22.6 Å². The molecule has 0 unspecified atom stereocenters. The fourth-order valence-corrected chi connectivity index (χ4v) is 4.81. The maximum absolute atomic E-state index is 12.8. The van der Waals surface area contributed by atoms with Crippen LogP contribution in [0.5, 0.6) is 0 Å². The van der Waals surface area contributed by atoms with Crippen molar-refractivity contribution in [2.45, 2.75) is 33.6 Å². The first-order valence-electron chi connectivity index (χ1n) is 10.2. The van der Waals surface area contributed by atoms with Gasteiger partial charge in [0.2, 0.25) is 0 Å². The Morgan fingerprint density at radius 1 is 1.22 bits per heavy atom. The van der Waals surface area contributed by atoms with Gasteiger partial charge in [-0.05, 0) is 69.2 Å². The third-order valence-electron chi connectivity index (χ3n) is 5.04. The lowest BCUT2D eigenvalue weighted by atomic mass is 10.2. The minimum Gasteiger partial charge on any atom is -0.481 e. The Kier molecular flexibility index (Phi) is 7.52. The number of nitrogens with zero attached hydrogens (tertiary/aromatic N) is 2. The number of carboxylic acid groups (broad SMARTS) is 1. The van der Waals surface area contributed by atoms with Crippen molar-refractivity contribution < 1.29 is 24.2 Å². The fraction of sp³-hybridized carbons (Fsp3) is 0.304. The van der Waals surface area contributed by atoms with Crippen LogP contribution in [0.15, 0.2) is 35.2 Å². The molecule has 32 heavy (non-hydrogen) atoms. The summed E-state index contributed by atoms with van der Waals surface area (Å²) in [6, 6.07) is 9.17. The summed E-state index contributed by atoms with van der Waals surface area (Å²) in [6.07, 6.45) is 2.17. The first kappa shape index (κ1) is 23.7. The number of carbonyl (C=O) groups excluding carboxylic acids is 2. The van der Waals surface area contributed by atoms with Gasteiger partial charge in [0.25, 0.3) is 5.91 Å². The molecule has 0 aliphatic carbocycles. The first-order chi connectivity index (χ1) is 15.2. The summed E-state index contributed by atoms with van der Waals surface area (Å²) in [7, 11) is 0. The maximum Gasteiger partial charge on any atom is 0.338 e. The number of carboxylic acids is 1. The average Bonchev–Trinajstić information content (AvgIpc) is 3.17. The molecule has 0 saturated carbocycles. The van der Waals surface area contributed by atoms with E-state index in [-0.39, 0.29) is 18.3 Å². The Bertz CT molecular complexity index is 1100. The lowest BCUT2D eigenvalue weighted by molar-refractivity contribution is -0.137. The Morgan fingerprint density at radius 2 is 1.91 bits per heavy atom. The molecular formula is C23H24N2O5S2. The summed E-state index contributed by atoms with van der Waals surface area (Å²) >= 11 is 6.54. The van der Waals surface area contributed by atoms with Crippen LogP contribution in [0.3, 0.4) is 0 Å². The number of benzene rings is 1. The van der Waals surface area contributed by atoms with Crippen molar-refractivity contribution in [3.63, 3.8) is 0 Å². The van der Waals surface area contributed by atoms with E-state index in [9.17, 15) is 14.4 Å². The standard InChI is InChI=1S/C23H24N2O5S2/c1-4-30-22(29)16-7-9-18(10-8-16)25-14(2)12-17(15(25)3)13-19-21(28)24(23(31)32-19)11-5-6-20(26)27/h7-10,12-13H,4-6,11H2,1-3H3,(H,26,27)/b19-13-. The predicted molar refractivity (Wildman–Crippen MR) is 128 cm³/mol. The third-order valence-corrected chi connectivity index (χ3v) is 6.42. The SMILES string of the molecule is CCOC(=O)c1ccc(-n2c(C)cc(/C=C3\SC(=S)N(CCCC(=O)O)C3=O)c2C)cc1. The lowest BCUT2D eigenvalue weighted by Gasteiger charge is -2.13. The number of thiocarbonyl (C=S) groups is 1. The van der Waals surface area contributed by atoms with E-state index in [0.29, 0.717) is 34.4 Å². The van der Waals surface area contributed by atoms with Crippen LogP contribution in [0.1, 0.15) is 47.1 Å². The van der Waals surface area contributed by atoms with Crippen LogP contribution in [0.2, 0.25) is 0 Å². The van der Waals surface area contributed by atoms with Gasteiger partial charge in [-0.2, -0.15) is 0 Å². The van der Waals surface area contributed by atoms with Crippen LogP contribution in [-0.4, -0.2) is 49.9 Å². The van der Waals surface area contributed by atoms with Crippen molar-refractivity contribution in [1.82, 2.24) is 9.47 Å². The number of aryl methyl sites for hydroxylation is 1. The number of hydrogen-bond acceptors (Lipinski definition) is 6. The Labute approximate surface area is 196 Å². The number of amides is 1. The smallest absolute Gasteiger partial charge is 0.338 e. The lowest BCUT2D eigenvalue weighted by Crippen LogP contribution is -2.29. The van der Waals surface area contributed by atoms with E-state index in [4.69, 9.17) is 22.1 Å². The van der Waals surface area contributed by atoms with Gasteiger partial charge in [0.1, 0.15) is 4.32 Å². The van der Waals surface area contributed by atoms with Crippen LogP contribution < -0.4 is 0 Å². The Morgan fingerprint density at radius 3 is 2.53 bits per heavy atom. The molecule has 0 spiro atoms. The van der Waals surface area contributed by atoms with Gasteiger partial charge in [0, 0.05) is 30.0 Å². The number of esters is 1. The van der Waals surface area contributed by atoms with Crippen LogP contribution >= 0.6 is 24.0 Å². The highest BCUT2D eigenvalue weighted by Gasteiger charge is 2.32. The van der Waals surface area contributed by atoms with Gasteiger partial charge in [0.05, 0.1) is 17.1 Å². The molecule has 0 radical (unpaired) electrons. The highest BCUT2D eigenvalue weighted by molar-refractivity contribution is 8.26. The predicted octanol–water partition coefficient (Wildman–Crippen LogP) is 4.34. The quantitative estimate of drug-likeness (QED) is 0.347. The molecule has 1 N–H and O–H groups in total. The van der Waals surface area contributed by atoms with Crippen molar-refractivity contribution >= 4 is 52.2 Å². The molecule has 1 aromatic carbocycles. The highest BCUT2D eigenvalue weighted by atomic mass is 32.2. The molecule has 0 bridgehead atoms. The normalized spacial score (nSPS) is 15.0. The first-order valence-corrected chi connectivity index (χ1v) is 11.4. The van der Waals surface area contributed by atoms with E-state index in [1.54, 1.807) is 19.1 Å². The topological polar surface area (TPSA) is 88.8 Å². The minimum absolute atomic E-state index is 0.00772. The average molecular weight is 473 g/mol. The number of carbonyl (C=O) groups is 3. The Hall–Kier alpha value is -2.91. The molecule has 0 atom stereocenters. The monoisotopic (exact) mass is 472 g/mol. The Balaban J connectivity index is 1.82. The molecule has 1 aliphatic heterocycles. The van der Waals surface area contributed by atoms with Gasteiger partial charge >= 0.3 is 11.9 Å². The van der Waals surface area contributed by atoms with Crippen molar-refractivity contribution in [2.75, 3.05) is 13.2 Å². The molecule has 1 saturated heterocycles. The van der Waals surface area contributed by atoms with Crippen LogP contribution in [0.4, 0.5) is 0 Å². The van der Waals surface area contributed by atoms with Crippen LogP contribution in [-0.2, 0) is 14.3 Å². The number of aromatic nitrogens is 1. The van der Waals surface area contributed by atoms with Crippen LogP contribution in [0.25, 0.3) is 11.8 Å². The molecule has 1 fully saturated rings. The number of thioether (sulfide) groups is 1. The largest absolute Gasteiger partial charge is 0.481 e. The molecule has 9 heteroatoms. The highest BCUT2D eigenvalue weighted by Crippen LogP contribution is 2.34. The molecule has 1 aliphatic rings. The second-order valence-electron chi connectivity index (χ2n) is 7.26. The molecular weight excluding hydrogens is 448 g/mol. The summed E-state index contributed by atoms with van der Waals surface area (Å²) in [5.41, 5.74) is 4.21. The van der Waals surface area contributed by atoms with Gasteiger partial charge in [0.15, 0.2) is 0 Å². The van der Waals surface area contributed by atoms with E-state index in [1.807, 2.05) is 42.7 Å². The number of ether oxygens (including phenoxy) is 1. The summed E-state index contributed by atoms with van der Waals surface area (Å²) in [5.74, 6) is -1.45. The molecule has 1 amide bonds. The molecule has 3 rings (SSSR count). The molecule has 168 valence electrons. The number of rotatable bonds is 8. The summed E-state index contributed by atoms with van der Waals surface area (Å²) in [5, 5.41) is 8.81. The second kappa shape index (κ2) is 10.1. The van der Waals surface area contributed by atoms with Crippen molar-refractivity contribution in [3.8, 4) is 5.69 Å². The zero-order valence-electron chi connectivity index (χ0n) is 18.1. The fourth-order valence-electron chi connectivity index (χ4n) is 3.51. The van der Waals surface area contributed by atoms with Gasteiger partial charge in [-0.15, -0.1) is 0 Å². The van der Waals surface area contributed by atoms with E-state index in [1.165, 1.54) is 16.7 Å². The number of hydrogen-bond donors (Lipinski definition) is 1. The third kappa shape index (κ3) is 5.11. The maximum atomic E-state index is 12.8. The molecule has 2 aromatic rings. The van der Waals surface area contributed by atoms with Gasteiger partial charge in [-0.1, -0.05) is 24.0 Å². The van der Waals surface area contributed by atoms with E-state index >= 15 is 0 Å². The van der Waals surface area contributed by atoms with Gasteiger partial charge in [-0.25, -0.2) is 4.79 Å². The summed E-state index contributed by atoms with van der Waals surface area (Å²) < 4.78 is 7.52. The molecule has 2 heterocycles. The van der Waals surface area contributed by atoms with Gasteiger partial charge < -0.3 is 14.4 Å². The zero-order chi connectivity index (χ0) is 23.4. The summed E-state index contributed by atoms with van der Waals surface area (Å²) in [6.45, 7) is 6.32. The molecule has 7 nitrogen and oxygen atoms in total. The number of aliphatic carboxylic acids is 1. The second-order valence-corrected chi connectivity index (χ2v) is 8.94. The van der Waals surface area contributed by atoms with Crippen molar-refractivity contribution in [3.05, 3.63) is 57.8 Å². The minimum atomic E-state index is -0.895.